The second kappa shape index (κ2) is 6.93. The van der Waals surface area contributed by atoms with Crippen molar-refractivity contribution in [1.29, 1.82) is 0 Å². The van der Waals surface area contributed by atoms with Crippen LogP contribution in [-0.4, -0.2) is 51.8 Å². The van der Waals surface area contributed by atoms with Crippen LogP contribution in [0.25, 0.3) is 0 Å². The van der Waals surface area contributed by atoms with Gasteiger partial charge in [-0.05, 0) is 36.8 Å². The molecule has 0 aliphatic carbocycles. The minimum atomic E-state index is -0.853. The van der Waals surface area contributed by atoms with Gasteiger partial charge in [-0.3, -0.25) is 14.4 Å². The van der Waals surface area contributed by atoms with Gasteiger partial charge < -0.3 is 14.9 Å². The van der Waals surface area contributed by atoms with E-state index in [0.29, 0.717) is 26.1 Å². The molecule has 2 amide bonds. The standard InChI is InChI=1S/C17H22N2O4S/c1-11-13(17(22)23)4-8-19(11)16(21)3-2-15(20)18-7-5-14-12(10-18)6-9-24-14/h6,9,11,13H,2-5,7-8,10H2,1H3,(H,22,23). The van der Waals surface area contributed by atoms with E-state index in [1.54, 1.807) is 23.2 Å². The predicted octanol–water partition coefficient (Wildman–Crippen LogP) is 1.73. The first-order chi connectivity index (χ1) is 11.5. The lowest BCUT2D eigenvalue weighted by molar-refractivity contribution is -0.143. The van der Waals surface area contributed by atoms with Gasteiger partial charge in [0, 0.05) is 43.4 Å². The largest absolute Gasteiger partial charge is 0.481 e. The van der Waals surface area contributed by atoms with Crippen LogP contribution in [0, 0.1) is 5.92 Å². The van der Waals surface area contributed by atoms with Gasteiger partial charge in [0.05, 0.1) is 5.92 Å². The number of carbonyl (C=O) groups excluding carboxylic acids is 2. The summed E-state index contributed by atoms with van der Waals surface area (Å²) in [5.74, 6) is -1.47. The van der Waals surface area contributed by atoms with Crippen molar-refractivity contribution in [2.45, 2.75) is 45.2 Å². The van der Waals surface area contributed by atoms with Crippen LogP contribution in [-0.2, 0) is 27.3 Å². The van der Waals surface area contributed by atoms with Gasteiger partial charge in [0.25, 0.3) is 0 Å². The average molecular weight is 350 g/mol. The number of rotatable bonds is 4. The van der Waals surface area contributed by atoms with E-state index in [0.717, 1.165) is 6.42 Å². The Morgan fingerprint density at radius 1 is 1.25 bits per heavy atom. The van der Waals surface area contributed by atoms with Crippen molar-refractivity contribution in [2.24, 2.45) is 5.92 Å². The maximum Gasteiger partial charge on any atom is 0.308 e. The summed E-state index contributed by atoms with van der Waals surface area (Å²) in [5, 5.41) is 11.2. The lowest BCUT2D eigenvalue weighted by atomic mass is 10.0. The normalized spacial score (nSPS) is 23.2. The molecule has 0 saturated carbocycles. The van der Waals surface area contributed by atoms with E-state index < -0.39 is 11.9 Å². The van der Waals surface area contributed by atoms with Crippen LogP contribution in [0.3, 0.4) is 0 Å². The molecule has 3 heterocycles. The molecular formula is C17H22N2O4S. The summed E-state index contributed by atoms with van der Waals surface area (Å²) in [7, 11) is 0. The Labute approximate surface area is 145 Å². The second-order valence-corrected chi connectivity index (χ2v) is 7.50. The molecular weight excluding hydrogens is 328 g/mol. The second-order valence-electron chi connectivity index (χ2n) is 6.50. The SMILES string of the molecule is CC1C(C(=O)O)CCN1C(=O)CCC(=O)N1CCc2sccc2C1. The number of hydrogen-bond acceptors (Lipinski definition) is 4. The van der Waals surface area contributed by atoms with E-state index in [9.17, 15) is 14.4 Å². The number of amides is 2. The van der Waals surface area contributed by atoms with Crippen LogP contribution >= 0.6 is 11.3 Å². The molecule has 6 nitrogen and oxygen atoms in total. The predicted molar refractivity (Wildman–Crippen MR) is 89.6 cm³/mol. The van der Waals surface area contributed by atoms with Crippen molar-refractivity contribution in [3.63, 3.8) is 0 Å². The molecule has 0 radical (unpaired) electrons. The fourth-order valence-corrected chi connectivity index (χ4v) is 4.49. The smallest absolute Gasteiger partial charge is 0.308 e. The molecule has 1 aromatic heterocycles. The Kier molecular flexibility index (Phi) is 4.89. The van der Waals surface area contributed by atoms with Crippen LogP contribution in [0.5, 0.6) is 0 Å². The molecule has 1 N–H and O–H groups in total. The van der Waals surface area contributed by atoms with Crippen LogP contribution in [0.15, 0.2) is 11.4 Å². The highest BCUT2D eigenvalue weighted by Gasteiger charge is 2.38. The van der Waals surface area contributed by atoms with Crippen molar-refractivity contribution in [3.8, 4) is 0 Å². The summed E-state index contributed by atoms with van der Waals surface area (Å²) in [4.78, 5) is 40.6. The Hall–Kier alpha value is -1.89. The van der Waals surface area contributed by atoms with Crippen LogP contribution in [0.1, 0.15) is 36.6 Å². The van der Waals surface area contributed by atoms with E-state index in [1.165, 1.54) is 10.4 Å². The fraction of sp³-hybridized carbons (Fsp3) is 0.588. The number of aliphatic carboxylic acids is 1. The molecule has 130 valence electrons. The minimum Gasteiger partial charge on any atom is -0.481 e. The summed E-state index contributed by atoms with van der Waals surface area (Å²) < 4.78 is 0. The van der Waals surface area contributed by atoms with E-state index in [4.69, 9.17) is 5.11 Å². The first-order valence-electron chi connectivity index (χ1n) is 8.32. The van der Waals surface area contributed by atoms with Crippen molar-refractivity contribution >= 4 is 29.1 Å². The number of fused-ring (bicyclic) bond motifs is 1. The number of carboxylic acids is 1. The molecule has 0 bridgehead atoms. The molecule has 2 aliphatic heterocycles. The first-order valence-corrected chi connectivity index (χ1v) is 9.20. The van der Waals surface area contributed by atoms with Gasteiger partial charge in [-0.1, -0.05) is 0 Å². The highest BCUT2D eigenvalue weighted by molar-refractivity contribution is 7.10. The molecule has 2 unspecified atom stereocenters. The maximum absolute atomic E-state index is 12.4. The summed E-state index contributed by atoms with van der Waals surface area (Å²) in [5.41, 5.74) is 1.21. The Morgan fingerprint density at radius 3 is 2.71 bits per heavy atom. The minimum absolute atomic E-state index is 0.00170. The lowest BCUT2D eigenvalue weighted by Crippen LogP contribution is -2.39. The molecule has 1 saturated heterocycles. The topological polar surface area (TPSA) is 77.9 Å². The van der Waals surface area contributed by atoms with Crippen molar-refractivity contribution in [1.82, 2.24) is 9.80 Å². The molecule has 1 fully saturated rings. The number of likely N-dealkylation sites (tertiary alicyclic amines) is 1. The zero-order valence-corrected chi connectivity index (χ0v) is 14.6. The monoisotopic (exact) mass is 350 g/mol. The Balaban J connectivity index is 1.50. The highest BCUT2D eigenvalue weighted by atomic mass is 32.1. The summed E-state index contributed by atoms with van der Waals surface area (Å²) in [6, 6.07) is 1.76. The average Bonchev–Trinajstić information content (AvgIpc) is 3.17. The van der Waals surface area contributed by atoms with Crippen LogP contribution < -0.4 is 0 Å². The zero-order chi connectivity index (χ0) is 17.3. The van der Waals surface area contributed by atoms with Gasteiger partial charge in [0.2, 0.25) is 11.8 Å². The van der Waals surface area contributed by atoms with E-state index in [2.05, 4.69) is 11.4 Å². The van der Waals surface area contributed by atoms with Gasteiger partial charge in [-0.25, -0.2) is 0 Å². The Bertz CT molecular complexity index is 657. The summed E-state index contributed by atoms with van der Waals surface area (Å²) in [6.07, 6.45) is 1.72. The van der Waals surface area contributed by atoms with Gasteiger partial charge in [0.1, 0.15) is 0 Å². The third kappa shape index (κ3) is 3.31. The molecule has 2 atom stereocenters. The molecule has 1 aromatic rings. The maximum atomic E-state index is 12.4. The fourth-order valence-electron chi connectivity index (χ4n) is 3.60. The zero-order valence-electron chi connectivity index (χ0n) is 13.7. The molecule has 0 spiro atoms. The summed E-state index contributed by atoms with van der Waals surface area (Å²) >= 11 is 1.73. The van der Waals surface area contributed by atoms with E-state index >= 15 is 0 Å². The van der Waals surface area contributed by atoms with Gasteiger partial charge >= 0.3 is 5.97 Å². The van der Waals surface area contributed by atoms with Gasteiger partial charge in [-0.2, -0.15) is 0 Å². The van der Waals surface area contributed by atoms with Crippen LogP contribution in [0.4, 0.5) is 0 Å². The third-order valence-corrected chi connectivity index (χ3v) is 6.13. The summed E-state index contributed by atoms with van der Waals surface area (Å²) in [6.45, 7) is 3.58. The molecule has 2 aliphatic rings. The van der Waals surface area contributed by atoms with Crippen molar-refractivity contribution < 1.29 is 19.5 Å². The van der Waals surface area contributed by atoms with Gasteiger partial charge in [0.15, 0.2) is 0 Å². The molecule has 0 aromatic carbocycles. The number of carboxylic acid groups (broad SMARTS) is 1. The highest BCUT2D eigenvalue weighted by Crippen LogP contribution is 2.26. The third-order valence-electron chi connectivity index (χ3n) is 5.11. The number of nitrogens with zero attached hydrogens (tertiary/aromatic N) is 2. The molecule has 7 heteroatoms. The quantitative estimate of drug-likeness (QED) is 0.897. The molecule has 24 heavy (non-hydrogen) atoms. The van der Waals surface area contributed by atoms with E-state index in [-0.39, 0.29) is 30.7 Å². The lowest BCUT2D eigenvalue weighted by Gasteiger charge is -2.28. The number of hydrogen-bond donors (Lipinski definition) is 1. The van der Waals surface area contributed by atoms with E-state index in [1.807, 2.05) is 4.90 Å². The van der Waals surface area contributed by atoms with Crippen molar-refractivity contribution in [3.05, 3.63) is 21.9 Å². The van der Waals surface area contributed by atoms with Crippen molar-refractivity contribution in [2.75, 3.05) is 13.1 Å². The van der Waals surface area contributed by atoms with Gasteiger partial charge in [-0.15, -0.1) is 11.3 Å². The number of thiophene rings is 1. The first kappa shape index (κ1) is 17.0. The molecule has 3 rings (SSSR count). The van der Waals surface area contributed by atoms with Crippen LogP contribution in [0.2, 0.25) is 0 Å². The number of carbonyl (C=O) groups is 3. The Morgan fingerprint density at radius 2 is 2.00 bits per heavy atom.